The first kappa shape index (κ1) is 30.1. The molecule has 39 heavy (non-hydrogen) atoms. The van der Waals surface area contributed by atoms with Gasteiger partial charge in [-0.2, -0.15) is 0 Å². The summed E-state index contributed by atoms with van der Waals surface area (Å²) in [7, 11) is -4.34. The molecule has 0 bridgehead atoms. The standard InChI is InChI=1S/C29H33ClFN3O4S/c1-4-5-18-32-29(36)22(3)33(19-23-12-14-24(30)15-13-23)28(35)20-34(27-9-7-6-8-26(27)31)39(37,38)25-16-10-21(2)11-17-25/h6-17,22H,4-5,18-20H2,1-3H3,(H,32,36)/t22-/m0/s1. The van der Waals surface area contributed by atoms with Gasteiger partial charge in [-0.05, 0) is 62.2 Å². The molecule has 0 aliphatic rings. The fourth-order valence-corrected chi connectivity index (χ4v) is 5.46. The van der Waals surface area contributed by atoms with E-state index in [0.717, 1.165) is 28.8 Å². The minimum absolute atomic E-state index is 0.0219. The number of anilines is 1. The van der Waals surface area contributed by atoms with Gasteiger partial charge in [-0.3, -0.25) is 13.9 Å². The smallest absolute Gasteiger partial charge is 0.264 e. The second-order valence-corrected chi connectivity index (χ2v) is 11.5. The number of nitrogens with one attached hydrogen (secondary N) is 1. The molecule has 0 saturated carbocycles. The Hall–Kier alpha value is -3.43. The van der Waals surface area contributed by atoms with Crippen LogP contribution in [0, 0.1) is 12.7 Å². The highest BCUT2D eigenvalue weighted by Gasteiger charge is 2.33. The first-order valence-electron chi connectivity index (χ1n) is 12.7. The molecule has 2 amide bonds. The van der Waals surface area contributed by atoms with Gasteiger partial charge in [-0.1, -0.05) is 66.9 Å². The summed E-state index contributed by atoms with van der Waals surface area (Å²) in [5.74, 6) is -1.83. The van der Waals surface area contributed by atoms with Gasteiger partial charge in [0.05, 0.1) is 10.6 Å². The van der Waals surface area contributed by atoms with E-state index < -0.39 is 34.3 Å². The van der Waals surface area contributed by atoms with Crippen molar-refractivity contribution < 1.29 is 22.4 Å². The zero-order valence-corrected chi connectivity index (χ0v) is 23.8. The fourth-order valence-electron chi connectivity index (χ4n) is 3.91. The van der Waals surface area contributed by atoms with Gasteiger partial charge < -0.3 is 10.2 Å². The first-order chi connectivity index (χ1) is 18.5. The van der Waals surface area contributed by atoms with Crippen LogP contribution in [0.4, 0.5) is 10.1 Å². The Labute approximate surface area is 234 Å². The number of hydrogen-bond donors (Lipinski definition) is 1. The molecule has 3 aromatic rings. The Morgan fingerprint density at radius 3 is 2.26 bits per heavy atom. The molecule has 0 saturated heterocycles. The monoisotopic (exact) mass is 573 g/mol. The molecule has 0 radical (unpaired) electrons. The number of aryl methyl sites for hydroxylation is 1. The van der Waals surface area contributed by atoms with E-state index in [1.807, 2.05) is 13.8 Å². The van der Waals surface area contributed by atoms with Gasteiger partial charge in [0.1, 0.15) is 18.4 Å². The van der Waals surface area contributed by atoms with Gasteiger partial charge >= 0.3 is 0 Å². The largest absolute Gasteiger partial charge is 0.354 e. The molecule has 0 heterocycles. The van der Waals surface area contributed by atoms with Crippen molar-refractivity contribution in [3.8, 4) is 0 Å². The van der Waals surface area contributed by atoms with Crippen LogP contribution in [0.25, 0.3) is 0 Å². The number of para-hydroxylation sites is 1. The number of benzene rings is 3. The van der Waals surface area contributed by atoms with Crippen LogP contribution in [0.2, 0.25) is 5.02 Å². The summed E-state index contributed by atoms with van der Waals surface area (Å²) in [6.07, 6.45) is 1.66. The average molecular weight is 574 g/mol. The number of carbonyl (C=O) groups is 2. The Morgan fingerprint density at radius 1 is 1.00 bits per heavy atom. The van der Waals surface area contributed by atoms with Crippen LogP contribution in [0.3, 0.4) is 0 Å². The van der Waals surface area contributed by atoms with Crippen LogP contribution in [-0.4, -0.2) is 44.3 Å². The van der Waals surface area contributed by atoms with Crippen LogP contribution in [-0.2, 0) is 26.2 Å². The Bertz CT molecular complexity index is 1380. The third-order valence-electron chi connectivity index (χ3n) is 6.27. The third kappa shape index (κ3) is 7.80. The lowest BCUT2D eigenvalue weighted by molar-refractivity contribution is -0.139. The maximum atomic E-state index is 14.9. The van der Waals surface area contributed by atoms with E-state index in [4.69, 9.17) is 11.6 Å². The topological polar surface area (TPSA) is 86.8 Å². The average Bonchev–Trinajstić information content (AvgIpc) is 2.91. The van der Waals surface area contributed by atoms with E-state index >= 15 is 0 Å². The number of hydrogen-bond acceptors (Lipinski definition) is 4. The van der Waals surface area contributed by atoms with Gasteiger partial charge in [-0.15, -0.1) is 0 Å². The molecule has 3 aromatic carbocycles. The fraction of sp³-hybridized carbons (Fsp3) is 0.310. The number of rotatable bonds is 12. The van der Waals surface area contributed by atoms with Crippen molar-refractivity contribution in [2.24, 2.45) is 0 Å². The molecular weight excluding hydrogens is 541 g/mol. The highest BCUT2D eigenvalue weighted by atomic mass is 35.5. The van der Waals surface area contributed by atoms with Crippen molar-refractivity contribution in [3.63, 3.8) is 0 Å². The van der Waals surface area contributed by atoms with Gasteiger partial charge in [0.15, 0.2) is 0 Å². The minimum Gasteiger partial charge on any atom is -0.354 e. The molecule has 208 valence electrons. The van der Waals surface area contributed by atoms with Crippen molar-refractivity contribution in [3.05, 3.63) is 94.8 Å². The van der Waals surface area contributed by atoms with E-state index in [9.17, 15) is 22.4 Å². The Balaban J connectivity index is 2.00. The highest BCUT2D eigenvalue weighted by Crippen LogP contribution is 2.27. The first-order valence-corrected chi connectivity index (χ1v) is 14.5. The lowest BCUT2D eigenvalue weighted by Gasteiger charge is -2.32. The van der Waals surface area contributed by atoms with Crippen molar-refractivity contribution in [1.82, 2.24) is 10.2 Å². The molecule has 0 spiro atoms. The van der Waals surface area contributed by atoms with Crippen LogP contribution in [0.1, 0.15) is 37.8 Å². The van der Waals surface area contributed by atoms with Gasteiger partial charge in [-0.25, -0.2) is 12.8 Å². The molecule has 10 heteroatoms. The number of carbonyl (C=O) groups excluding carboxylic acids is 2. The Morgan fingerprint density at radius 2 is 1.64 bits per heavy atom. The van der Waals surface area contributed by atoms with Crippen LogP contribution in [0.5, 0.6) is 0 Å². The van der Waals surface area contributed by atoms with Crippen LogP contribution >= 0.6 is 11.6 Å². The lowest BCUT2D eigenvalue weighted by atomic mass is 10.1. The molecule has 0 aliphatic carbocycles. The molecule has 7 nitrogen and oxygen atoms in total. The quantitative estimate of drug-likeness (QED) is 0.297. The van der Waals surface area contributed by atoms with Crippen molar-refractivity contribution in [1.29, 1.82) is 0 Å². The Kier molecular flexibility index (Phi) is 10.5. The van der Waals surface area contributed by atoms with Gasteiger partial charge in [0, 0.05) is 18.1 Å². The molecule has 1 N–H and O–H groups in total. The number of halogens is 2. The second-order valence-electron chi connectivity index (χ2n) is 9.24. The normalized spacial score (nSPS) is 12.0. The molecule has 0 fully saturated rings. The summed E-state index contributed by atoms with van der Waals surface area (Å²) in [4.78, 5) is 28.0. The SMILES string of the molecule is CCCCNC(=O)[C@H](C)N(Cc1ccc(Cl)cc1)C(=O)CN(c1ccccc1F)S(=O)(=O)c1ccc(C)cc1. The van der Waals surface area contributed by atoms with Gasteiger partial charge in [0.2, 0.25) is 11.8 Å². The second kappa shape index (κ2) is 13.6. The molecule has 0 aliphatic heterocycles. The molecular formula is C29H33ClFN3O4S. The lowest BCUT2D eigenvalue weighted by Crippen LogP contribution is -2.51. The van der Waals surface area contributed by atoms with E-state index in [-0.39, 0.29) is 23.0 Å². The molecule has 0 aromatic heterocycles. The van der Waals surface area contributed by atoms with Crippen molar-refractivity contribution in [2.45, 2.75) is 51.1 Å². The summed E-state index contributed by atoms with van der Waals surface area (Å²) in [6.45, 7) is 5.15. The van der Waals surface area contributed by atoms with Crippen molar-refractivity contribution in [2.75, 3.05) is 17.4 Å². The number of sulfonamides is 1. The zero-order valence-electron chi connectivity index (χ0n) is 22.2. The van der Waals surface area contributed by atoms with E-state index in [0.29, 0.717) is 17.1 Å². The van der Waals surface area contributed by atoms with E-state index in [2.05, 4.69) is 5.32 Å². The summed E-state index contributed by atoms with van der Waals surface area (Å²) >= 11 is 6.01. The maximum absolute atomic E-state index is 14.9. The maximum Gasteiger partial charge on any atom is 0.264 e. The van der Waals surface area contributed by atoms with Gasteiger partial charge in [0.25, 0.3) is 10.0 Å². The summed E-state index contributed by atoms with van der Waals surface area (Å²) in [5, 5.41) is 3.33. The zero-order chi connectivity index (χ0) is 28.6. The number of amides is 2. The predicted octanol–water partition coefficient (Wildman–Crippen LogP) is 5.32. The van der Waals surface area contributed by atoms with Crippen molar-refractivity contribution >= 4 is 39.1 Å². The number of unbranched alkanes of at least 4 members (excludes halogenated alkanes) is 1. The minimum atomic E-state index is -4.34. The molecule has 0 unspecified atom stereocenters. The van der Waals surface area contributed by atoms with Crippen LogP contribution in [0.15, 0.2) is 77.7 Å². The van der Waals surface area contributed by atoms with E-state index in [1.165, 1.54) is 35.2 Å². The van der Waals surface area contributed by atoms with Crippen LogP contribution < -0.4 is 9.62 Å². The summed E-state index contributed by atoms with van der Waals surface area (Å²) < 4.78 is 43.1. The summed E-state index contributed by atoms with van der Waals surface area (Å²) in [5.41, 5.74) is 1.28. The highest BCUT2D eigenvalue weighted by molar-refractivity contribution is 7.92. The summed E-state index contributed by atoms with van der Waals surface area (Å²) in [6, 6.07) is 17.3. The predicted molar refractivity (Wildman–Crippen MR) is 151 cm³/mol. The van der Waals surface area contributed by atoms with E-state index in [1.54, 1.807) is 43.3 Å². The third-order valence-corrected chi connectivity index (χ3v) is 8.30. The number of nitrogens with zero attached hydrogens (tertiary/aromatic N) is 2. The molecule has 3 rings (SSSR count). The molecule has 1 atom stereocenters.